The standard InChI is InChI=1S/C31H21NO.C18H16/c32-20-24-16-17-26(22-12-6-2-7-13-22)31-29(24)28-19-25(21-10-4-1-5-11-21)18-27(30(28)33-31)23-14-8-3-9-15-23;1-14(15-8-3-2-4-9-15)17-13-7-11-16-10-5-6-12-18(16)17/h1-20,32H;2-14H,1H3. The van der Waals surface area contributed by atoms with Crippen molar-refractivity contribution in [3.63, 3.8) is 0 Å². The molecule has 0 saturated heterocycles. The average Bonchev–Trinajstić information content (AvgIpc) is 3.61. The Bertz CT molecular complexity index is 2580. The lowest BCUT2D eigenvalue weighted by molar-refractivity contribution is 0.671. The fourth-order valence-corrected chi connectivity index (χ4v) is 7.15. The first-order chi connectivity index (χ1) is 25.2. The second-order valence-electron chi connectivity index (χ2n) is 12.9. The molecule has 9 rings (SSSR count). The molecule has 1 heterocycles. The zero-order valence-corrected chi connectivity index (χ0v) is 28.5. The van der Waals surface area contributed by atoms with E-state index in [4.69, 9.17) is 9.83 Å². The molecule has 0 aliphatic heterocycles. The lowest BCUT2D eigenvalue weighted by atomic mass is 9.89. The van der Waals surface area contributed by atoms with E-state index in [9.17, 15) is 0 Å². The maximum atomic E-state index is 8.08. The van der Waals surface area contributed by atoms with Crippen LogP contribution in [0.15, 0.2) is 192 Å². The fraction of sp³-hybridized carbons (Fsp3) is 0.0408. The van der Waals surface area contributed by atoms with Gasteiger partial charge in [0.05, 0.1) is 0 Å². The highest BCUT2D eigenvalue weighted by atomic mass is 16.3. The molecule has 1 atom stereocenters. The molecule has 0 radical (unpaired) electrons. The van der Waals surface area contributed by atoms with Crippen molar-refractivity contribution in [1.29, 1.82) is 5.41 Å². The summed E-state index contributed by atoms with van der Waals surface area (Å²) in [7, 11) is 0. The van der Waals surface area contributed by atoms with Gasteiger partial charge in [-0.15, -0.1) is 0 Å². The van der Waals surface area contributed by atoms with Gasteiger partial charge in [-0.1, -0.05) is 177 Å². The van der Waals surface area contributed by atoms with Gasteiger partial charge in [-0.05, 0) is 62.4 Å². The molecule has 0 bridgehead atoms. The zero-order chi connectivity index (χ0) is 34.6. The van der Waals surface area contributed by atoms with Crippen LogP contribution in [0.5, 0.6) is 0 Å². The quantitative estimate of drug-likeness (QED) is 0.178. The highest BCUT2D eigenvalue weighted by molar-refractivity contribution is 6.19. The molecule has 1 aromatic heterocycles. The van der Waals surface area contributed by atoms with Crippen LogP contribution >= 0.6 is 0 Å². The van der Waals surface area contributed by atoms with E-state index in [2.05, 4.69) is 159 Å². The van der Waals surface area contributed by atoms with E-state index in [0.717, 1.165) is 60.9 Å². The number of hydrogen-bond acceptors (Lipinski definition) is 2. The number of hydrogen-bond donors (Lipinski definition) is 1. The third kappa shape index (κ3) is 6.24. The molecule has 0 amide bonds. The summed E-state index contributed by atoms with van der Waals surface area (Å²) in [5.41, 5.74) is 11.9. The Hall–Kier alpha value is -6.51. The Morgan fingerprint density at radius 2 is 1.04 bits per heavy atom. The van der Waals surface area contributed by atoms with Gasteiger partial charge in [-0.2, -0.15) is 0 Å². The van der Waals surface area contributed by atoms with E-state index in [1.807, 2.05) is 36.4 Å². The third-order valence-corrected chi connectivity index (χ3v) is 9.77. The minimum atomic E-state index is 0.428. The predicted octanol–water partition coefficient (Wildman–Crippen LogP) is 13.6. The minimum absolute atomic E-state index is 0.428. The van der Waals surface area contributed by atoms with Gasteiger partial charge in [-0.3, -0.25) is 0 Å². The number of fused-ring (bicyclic) bond motifs is 4. The normalized spacial score (nSPS) is 11.6. The molecule has 0 aliphatic rings. The molecule has 51 heavy (non-hydrogen) atoms. The molecule has 8 aromatic carbocycles. The van der Waals surface area contributed by atoms with Crippen molar-refractivity contribution in [3.8, 4) is 33.4 Å². The van der Waals surface area contributed by atoms with Crippen molar-refractivity contribution >= 4 is 38.9 Å². The maximum absolute atomic E-state index is 8.08. The van der Waals surface area contributed by atoms with Crippen LogP contribution in [-0.2, 0) is 0 Å². The minimum Gasteiger partial charge on any atom is -0.455 e. The molecular formula is C49H37NO. The van der Waals surface area contributed by atoms with Crippen molar-refractivity contribution in [2.24, 2.45) is 0 Å². The van der Waals surface area contributed by atoms with Gasteiger partial charge in [-0.25, -0.2) is 0 Å². The number of benzene rings is 8. The van der Waals surface area contributed by atoms with Crippen LogP contribution in [0.1, 0.15) is 29.5 Å². The van der Waals surface area contributed by atoms with E-state index >= 15 is 0 Å². The van der Waals surface area contributed by atoms with Crippen molar-refractivity contribution in [3.05, 3.63) is 205 Å². The SMILES string of the molecule is CC(c1ccccc1)c1cccc2ccccc12.N=Cc1ccc(-c2ccccc2)c2oc3c(-c4ccccc4)cc(-c4ccccc4)cc3c12. The summed E-state index contributed by atoms with van der Waals surface area (Å²) >= 11 is 0. The van der Waals surface area contributed by atoms with Crippen LogP contribution < -0.4 is 0 Å². The van der Waals surface area contributed by atoms with Crippen LogP contribution in [0.4, 0.5) is 0 Å². The van der Waals surface area contributed by atoms with Gasteiger partial charge in [0.1, 0.15) is 11.2 Å². The molecule has 244 valence electrons. The molecule has 0 aliphatic carbocycles. The lowest BCUT2D eigenvalue weighted by Crippen LogP contribution is -1.96. The molecule has 2 heteroatoms. The second kappa shape index (κ2) is 14.2. The third-order valence-electron chi connectivity index (χ3n) is 9.77. The molecule has 0 spiro atoms. The van der Waals surface area contributed by atoms with E-state index in [1.165, 1.54) is 28.1 Å². The summed E-state index contributed by atoms with van der Waals surface area (Å²) in [4.78, 5) is 0. The van der Waals surface area contributed by atoms with E-state index in [1.54, 1.807) is 0 Å². The highest BCUT2D eigenvalue weighted by Gasteiger charge is 2.20. The Labute approximate surface area is 298 Å². The van der Waals surface area contributed by atoms with Gasteiger partial charge in [0.2, 0.25) is 0 Å². The fourth-order valence-electron chi connectivity index (χ4n) is 7.15. The molecule has 2 nitrogen and oxygen atoms in total. The summed E-state index contributed by atoms with van der Waals surface area (Å²) < 4.78 is 6.65. The number of furan rings is 1. The van der Waals surface area contributed by atoms with Gasteiger partial charge < -0.3 is 9.83 Å². The average molecular weight is 656 g/mol. The summed E-state index contributed by atoms with van der Waals surface area (Å²) in [6.45, 7) is 2.27. The first-order valence-corrected chi connectivity index (χ1v) is 17.4. The summed E-state index contributed by atoms with van der Waals surface area (Å²) in [5.74, 6) is 0.428. The number of nitrogens with one attached hydrogen (secondary N) is 1. The Morgan fingerprint density at radius 3 is 1.71 bits per heavy atom. The van der Waals surface area contributed by atoms with E-state index in [0.29, 0.717) is 5.92 Å². The molecular weight excluding hydrogens is 619 g/mol. The second-order valence-corrected chi connectivity index (χ2v) is 12.9. The van der Waals surface area contributed by atoms with Crippen molar-refractivity contribution in [2.75, 3.05) is 0 Å². The van der Waals surface area contributed by atoms with Crippen molar-refractivity contribution in [1.82, 2.24) is 0 Å². The van der Waals surface area contributed by atoms with E-state index < -0.39 is 0 Å². The highest BCUT2D eigenvalue weighted by Crippen LogP contribution is 2.43. The Morgan fingerprint density at radius 1 is 0.471 bits per heavy atom. The van der Waals surface area contributed by atoms with Crippen LogP contribution in [0.25, 0.3) is 66.1 Å². The van der Waals surface area contributed by atoms with Gasteiger partial charge in [0.25, 0.3) is 0 Å². The van der Waals surface area contributed by atoms with Gasteiger partial charge in [0, 0.05) is 39.6 Å². The molecule has 9 aromatic rings. The Balaban J connectivity index is 0.000000175. The summed E-state index contributed by atoms with van der Waals surface area (Å²) in [6.07, 6.45) is 1.42. The monoisotopic (exact) mass is 655 g/mol. The van der Waals surface area contributed by atoms with Crippen molar-refractivity contribution < 1.29 is 4.42 Å². The lowest BCUT2D eigenvalue weighted by Gasteiger charge is -2.15. The first-order valence-electron chi connectivity index (χ1n) is 17.4. The van der Waals surface area contributed by atoms with Crippen molar-refractivity contribution in [2.45, 2.75) is 12.8 Å². The number of rotatable bonds is 6. The van der Waals surface area contributed by atoms with E-state index in [-0.39, 0.29) is 0 Å². The molecule has 1 unspecified atom stereocenters. The Kier molecular flexibility index (Phi) is 8.81. The zero-order valence-electron chi connectivity index (χ0n) is 28.5. The smallest absolute Gasteiger partial charge is 0.143 e. The summed E-state index contributed by atoms with van der Waals surface area (Å²) in [6, 6.07) is 65.4. The summed E-state index contributed by atoms with van der Waals surface area (Å²) in [5, 5.41) is 12.8. The van der Waals surface area contributed by atoms with Crippen LogP contribution in [0.3, 0.4) is 0 Å². The molecule has 1 N–H and O–H groups in total. The van der Waals surface area contributed by atoms with Crippen LogP contribution in [0.2, 0.25) is 0 Å². The topological polar surface area (TPSA) is 37.0 Å². The largest absolute Gasteiger partial charge is 0.455 e. The predicted molar refractivity (Wildman–Crippen MR) is 216 cm³/mol. The molecule has 0 saturated carbocycles. The first kappa shape index (κ1) is 31.7. The molecule has 0 fully saturated rings. The maximum Gasteiger partial charge on any atom is 0.143 e. The van der Waals surface area contributed by atoms with Gasteiger partial charge >= 0.3 is 0 Å². The van der Waals surface area contributed by atoms with Crippen LogP contribution in [-0.4, -0.2) is 6.21 Å². The van der Waals surface area contributed by atoms with Crippen LogP contribution in [0, 0.1) is 5.41 Å². The van der Waals surface area contributed by atoms with Gasteiger partial charge in [0.15, 0.2) is 0 Å².